The second-order valence-electron chi connectivity index (χ2n) is 5.62. The number of hydrogen-bond donors (Lipinski definition) is 4. The van der Waals surface area contributed by atoms with Crippen molar-refractivity contribution in [2.75, 3.05) is 44.3 Å². The van der Waals surface area contributed by atoms with Crippen molar-refractivity contribution in [2.24, 2.45) is 0 Å². The van der Waals surface area contributed by atoms with E-state index in [0.29, 0.717) is 5.56 Å². The Hall–Kier alpha value is -1.70. The van der Waals surface area contributed by atoms with Crippen molar-refractivity contribution in [1.29, 1.82) is 0 Å². The number of nitrogens with two attached hydrogens (primary N) is 1. The Kier molecular flexibility index (Phi) is 9.98. The van der Waals surface area contributed by atoms with Crippen molar-refractivity contribution in [3.8, 4) is 0 Å². The predicted octanol–water partition coefficient (Wildman–Crippen LogP) is 0.00740. The molecular weight excluding hydrogens is 308 g/mol. The van der Waals surface area contributed by atoms with Crippen LogP contribution in [0.4, 0.5) is 11.6 Å². The molecule has 0 saturated heterocycles. The van der Waals surface area contributed by atoms with Crippen LogP contribution in [-0.4, -0.2) is 60.5 Å². The Balaban J connectivity index is 3.00. The number of aliphatic hydroxyl groups is 2. The van der Waals surface area contributed by atoms with Crippen molar-refractivity contribution in [3.63, 3.8) is 0 Å². The smallest absolute Gasteiger partial charge is 0.251 e. The molecule has 5 N–H and O–H groups in total. The number of amides is 1. The minimum absolute atomic E-state index is 0.0826. The van der Waals surface area contributed by atoms with Crippen molar-refractivity contribution in [1.82, 2.24) is 10.3 Å². The molecule has 24 heavy (non-hydrogen) atoms. The number of hydrogen-bond acceptors (Lipinski definition) is 5. The fourth-order valence-electron chi connectivity index (χ4n) is 2.35. The van der Waals surface area contributed by atoms with Gasteiger partial charge in [0, 0.05) is 32.3 Å². The maximum atomic E-state index is 12.2. The van der Waals surface area contributed by atoms with Crippen LogP contribution in [0.2, 0.25) is 0 Å². The summed E-state index contributed by atoms with van der Waals surface area (Å²) in [7, 11) is 0. The lowest BCUT2D eigenvalue weighted by Gasteiger charge is -2.22. The highest BCUT2D eigenvalue weighted by Crippen LogP contribution is 2.17. The van der Waals surface area contributed by atoms with Crippen molar-refractivity contribution in [3.05, 3.63) is 17.7 Å². The van der Waals surface area contributed by atoms with Gasteiger partial charge in [-0.2, -0.15) is 4.98 Å². The topological polar surface area (TPSA) is 102 Å². The largest absolute Gasteiger partial charge is 0.396 e. The molecule has 0 atom stereocenters. The van der Waals surface area contributed by atoms with Crippen molar-refractivity contribution < 1.29 is 20.3 Å². The van der Waals surface area contributed by atoms with Crippen LogP contribution in [0.1, 0.15) is 43.5 Å². The number of aliphatic hydroxyl groups excluding tert-OH is 2. The van der Waals surface area contributed by atoms with Gasteiger partial charge in [0.15, 0.2) is 0 Å². The first-order valence-corrected chi connectivity index (χ1v) is 8.76. The molecule has 1 aromatic rings. The van der Waals surface area contributed by atoms with Crippen LogP contribution < -0.4 is 15.5 Å². The van der Waals surface area contributed by atoms with Gasteiger partial charge in [-0.1, -0.05) is 6.92 Å². The SMILES string of the molecule is CCC[NH2+]c1cc(C(=O)NCCO)cc(N(CC)CCCCO)n1. The Bertz CT molecular complexity index is 497. The lowest BCUT2D eigenvalue weighted by Crippen LogP contribution is -2.78. The van der Waals surface area contributed by atoms with E-state index in [1.807, 2.05) is 5.32 Å². The number of rotatable bonds is 12. The fourth-order valence-corrected chi connectivity index (χ4v) is 2.35. The molecule has 1 rings (SSSR count). The number of quaternary nitrogens is 1. The molecule has 0 radical (unpaired) electrons. The van der Waals surface area contributed by atoms with E-state index in [1.54, 1.807) is 12.1 Å². The van der Waals surface area contributed by atoms with Gasteiger partial charge in [0.25, 0.3) is 5.91 Å². The molecule has 7 nitrogen and oxygen atoms in total. The van der Waals surface area contributed by atoms with E-state index in [4.69, 9.17) is 10.2 Å². The molecule has 0 spiro atoms. The van der Waals surface area contributed by atoms with Gasteiger partial charge < -0.3 is 20.4 Å². The summed E-state index contributed by atoms with van der Waals surface area (Å²) in [5.41, 5.74) is 0.552. The number of aromatic nitrogens is 1. The third-order valence-electron chi connectivity index (χ3n) is 3.68. The van der Waals surface area contributed by atoms with E-state index < -0.39 is 0 Å². The molecule has 0 aliphatic rings. The van der Waals surface area contributed by atoms with Gasteiger partial charge in [-0.25, -0.2) is 0 Å². The number of unbranched alkanes of at least 4 members (excludes halogenated alkanes) is 1. The van der Waals surface area contributed by atoms with Gasteiger partial charge >= 0.3 is 0 Å². The summed E-state index contributed by atoms with van der Waals surface area (Å²) in [6.07, 6.45) is 2.65. The van der Waals surface area contributed by atoms with Crippen LogP contribution in [0.25, 0.3) is 0 Å². The average Bonchev–Trinajstić information content (AvgIpc) is 2.61. The first-order valence-electron chi connectivity index (χ1n) is 8.76. The van der Waals surface area contributed by atoms with Crippen LogP contribution in [0, 0.1) is 0 Å². The Labute approximate surface area is 144 Å². The molecule has 0 bridgehead atoms. The zero-order chi connectivity index (χ0) is 17.8. The van der Waals surface area contributed by atoms with Crippen LogP contribution in [0.5, 0.6) is 0 Å². The third-order valence-corrected chi connectivity index (χ3v) is 3.68. The molecule has 136 valence electrons. The standard InChI is InChI=1S/C17H30N4O3/c1-3-7-18-15-12-14(17(24)19-8-11-23)13-16(20-15)21(4-2)9-5-6-10-22/h12-13,22-23H,3-11H2,1-2H3,(H,18,20)(H,19,24)/p+1. The minimum Gasteiger partial charge on any atom is -0.396 e. The van der Waals surface area contributed by atoms with Crippen LogP contribution in [-0.2, 0) is 0 Å². The number of nitrogens with zero attached hydrogens (tertiary/aromatic N) is 2. The van der Waals surface area contributed by atoms with Gasteiger partial charge in [0.1, 0.15) is 5.82 Å². The number of carbonyl (C=O) groups is 1. The van der Waals surface area contributed by atoms with Gasteiger partial charge in [0.05, 0.1) is 18.7 Å². The maximum absolute atomic E-state index is 12.2. The van der Waals surface area contributed by atoms with E-state index in [2.05, 4.69) is 29.0 Å². The van der Waals surface area contributed by atoms with E-state index in [9.17, 15) is 4.79 Å². The van der Waals surface area contributed by atoms with Crippen molar-refractivity contribution in [2.45, 2.75) is 33.1 Å². The zero-order valence-corrected chi connectivity index (χ0v) is 14.8. The lowest BCUT2D eigenvalue weighted by atomic mass is 10.2. The van der Waals surface area contributed by atoms with Gasteiger partial charge in [-0.05, 0) is 32.3 Å². The highest BCUT2D eigenvalue weighted by atomic mass is 16.3. The van der Waals surface area contributed by atoms with E-state index in [1.165, 1.54) is 0 Å². The number of pyridine rings is 1. The van der Waals surface area contributed by atoms with Gasteiger partial charge in [-0.15, -0.1) is 0 Å². The minimum atomic E-state index is -0.203. The molecule has 0 aliphatic carbocycles. The fraction of sp³-hybridized carbons (Fsp3) is 0.647. The van der Waals surface area contributed by atoms with Crippen LogP contribution >= 0.6 is 0 Å². The normalized spacial score (nSPS) is 10.7. The second kappa shape index (κ2) is 11.8. The van der Waals surface area contributed by atoms with Gasteiger partial charge in [-0.3, -0.25) is 10.1 Å². The van der Waals surface area contributed by atoms with E-state index in [0.717, 1.165) is 50.5 Å². The molecule has 7 heteroatoms. The molecular formula is C17H31N4O3+. The van der Waals surface area contributed by atoms with Crippen LogP contribution in [0.15, 0.2) is 12.1 Å². The number of carbonyl (C=O) groups excluding carboxylic acids is 1. The molecule has 0 aromatic carbocycles. The number of anilines is 1. The molecule has 1 aromatic heterocycles. The van der Waals surface area contributed by atoms with E-state index in [-0.39, 0.29) is 25.7 Å². The summed E-state index contributed by atoms with van der Waals surface area (Å²) in [5, 5.41) is 22.5. The molecule has 1 heterocycles. The highest BCUT2D eigenvalue weighted by molar-refractivity contribution is 5.95. The molecule has 1 amide bonds. The third kappa shape index (κ3) is 6.82. The highest BCUT2D eigenvalue weighted by Gasteiger charge is 2.15. The van der Waals surface area contributed by atoms with E-state index >= 15 is 0 Å². The lowest BCUT2D eigenvalue weighted by molar-refractivity contribution is -0.575. The first-order chi connectivity index (χ1) is 11.7. The predicted molar refractivity (Wildman–Crippen MR) is 94.6 cm³/mol. The molecule has 0 unspecified atom stereocenters. The molecule has 0 fully saturated rings. The Morgan fingerprint density at radius 2 is 2.04 bits per heavy atom. The van der Waals surface area contributed by atoms with Crippen molar-refractivity contribution >= 4 is 17.5 Å². The summed E-state index contributed by atoms with van der Waals surface area (Å²) >= 11 is 0. The Morgan fingerprint density at radius 3 is 2.67 bits per heavy atom. The summed E-state index contributed by atoms with van der Waals surface area (Å²) < 4.78 is 0. The molecule has 0 aliphatic heterocycles. The zero-order valence-electron chi connectivity index (χ0n) is 14.8. The molecule has 0 saturated carbocycles. The monoisotopic (exact) mass is 339 g/mol. The Morgan fingerprint density at radius 1 is 1.25 bits per heavy atom. The summed E-state index contributed by atoms with van der Waals surface area (Å²) in [6.45, 7) is 6.97. The summed E-state index contributed by atoms with van der Waals surface area (Å²) in [6, 6.07) is 3.58. The number of nitrogens with one attached hydrogen (secondary N) is 1. The first kappa shape index (κ1) is 20.3. The summed E-state index contributed by atoms with van der Waals surface area (Å²) in [4.78, 5) is 19.0. The quantitative estimate of drug-likeness (QED) is 0.402. The maximum Gasteiger partial charge on any atom is 0.251 e. The second-order valence-corrected chi connectivity index (χ2v) is 5.62. The summed E-state index contributed by atoms with van der Waals surface area (Å²) in [5.74, 6) is 1.36. The van der Waals surface area contributed by atoms with Gasteiger partial charge in [0.2, 0.25) is 5.82 Å². The van der Waals surface area contributed by atoms with Crippen LogP contribution in [0.3, 0.4) is 0 Å². The average molecular weight is 339 g/mol.